The number of esters is 4. The average Bonchev–Trinajstić information content (AvgIpc) is 0.923. The zero-order chi connectivity index (χ0) is 78.9. The number of carbonyl (C=O) groups excluding carboxylic acids is 4. The zero-order valence-corrected chi connectivity index (χ0v) is 68.2. The first-order valence-electron chi connectivity index (χ1n) is 40.3. The molecule has 0 spiro atoms. The quantitative estimate of drug-likeness (QED) is 0.0169. The number of allylic oxidation sites excluding steroid dienone is 34. The molecule has 0 aromatic heterocycles. The van der Waals surface area contributed by atoms with Crippen LogP contribution in [0.15, 0.2) is 207 Å². The maximum atomic E-state index is 13.1. The maximum absolute atomic E-state index is 13.1. The lowest BCUT2D eigenvalue weighted by atomic mass is 10.1. The lowest BCUT2D eigenvalue weighted by Crippen LogP contribution is -2.30. The lowest BCUT2D eigenvalue weighted by Gasteiger charge is -2.21. The Morgan fingerprint density at radius 1 is 0.269 bits per heavy atom. The van der Waals surface area contributed by atoms with E-state index in [2.05, 4.69) is 192 Å². The Balaban J connectivity index is 5.55. The van der Waals surface area contributed by atoms with Gasteiger partial charge < -0.3 is 33.8 Å². The van der Waals surface area contributed by atoms with E-state index < -0.39 is 97.5 Å². The maximum Gasteiger partial charge on any atom is 0.472 e. The van der Waals surface area contributed by atoms with Gasteiger partial charge >= 0.3 is 39.5 Å². The third-order valence-electron chi connectivity index (χ3n) is 15.8. The molecular formula is C89H140O17P2. The van der Waals surface area contributed by atoms with E-state index in [1.165, 1.54) is 38.5 Å². The molecule has 0 aliphatic heterocycles. The van der Waals surface area contributed by atoms with Gasteiger partial charge in [0.1, 0.15) is 19.3 Å². The normalized spacial score (nSPS) is 14.9. The van der Waals surface area contributed by atoms with Gasteiger partial charge in [-0.05, 0) is 167 Å². The van der Waals surface area contributed by atoms with Crippen molar-refractivity contribution in [3.05, 3.63) is 207 Å². The summed E-state index contributed by atoms with van der Waals surface area (Å²) in [6.07, 6.45) is 98.4. The van der Waals surface area contributed by atoms with Crippen molar-refractivity contribution < 1.29 is 80.2 Å². The Hall–Kier alpha value is -6.36. The smallest absolute Gasteiger partial charge is 0.462 e. The molecule has 0 bridgehead atoms. The van der Waals surface area contributed by atoms with Crippen LogP contribution in [0.1, 0.15) is 272 Å². The molecule has 108 heavy (non-hydrogen) atoms. The number of unbranched alkanes of at least 4 members (excludes halogenated alkanes) is 13. The average molecular weight is 1540 g/mol. The van der Waals surface area contributed by atoms with Crippen molar-refractivity contribution in [3.63, 3.8) is 0 Å². The predicted molar refractivity (Wildman–Crippen MR) is 445 cm³/mol. The number of rotatable bonds is 73. The van der Waals surface area contributed by atoms with Gasteiger partial charge in [0, 0.05) is 25.7 Å². The van der Waals surface area contributed by atoms with Crippen molar-refractivity contribution in [3.8, 4) is 0 Å². The Kier molecular flexibility index (Phi) is 74.1. The van der Waals surface area contributed by atoms with Crippen molar-refractivity contribution in [2.24, 2.45) is 0 Å². The van der Waals surface area contributed by atoms with E-state index in [0.717, 1.165) is 135 Å². The molecule has 0 amide bonds. The second-order valence-electron chi connectivity index (χ2n) is 25.9. The molecular weight excluding hydrogens is 1400 g/mol. The van der Waals surface area contributed by atoms with E-state index in [0.29, 0.717) is 44.9 Å². The van der Waals surface area contributed by atoms with E-state index in [-0.39, 0.29) is 25.7 Å². The second-order valence-corrected chi connectivity index (χ2v) is 28.8. The first-order chi connectivity index (χ1) is 52.7. The Morgan fingerprint density at radius 2 is 0.500 bits per heavy atom. The van der Waals surface area contributed by atoms with Gasteiger partial charge in [-0.2, -0.15) is 0 Å². The third kappa shape index (κ3) is 77.8. The summed E-state index contributed by atoms with van der Waals surface area (Å²) in [6.45, 7) is 4.26. The Morgan fingerprint density at radius 3 is 0.806 bits per heavy atom. The topological polar surface area (TPSA) is 237 Å². The van der Waals surface area contributed by atoms with Gasteiger partial charge in [0.05, 0.1) is 26.4 Å². The standard InChI is InChI=1S/C89H140O17P2/c1-5-9-13-17-21-25-29-33-37-39-41-43-47-49-53-57-61-65-69-73-86(91)99-79-84(105-88(93)75-71-67-63-59-55-51-45-35-31-27-23-19-15-11-7-3)81-103-107(95,96)101-77-83(90)78-102-108(97,98)104-82-85(106-89(94)76-72-68-64-60-56-52-46-36-32-28-24-20-16-12-8-4)80-100-87(92)74-70-66-62-58-54-50-48-44-42-40-38-34-30-26-22-18-14-10-6-2/h9-11,13-15,21-23,25-27,33-38,41-46,49-50,53-55,59,61-62,65-66,83-85,90H,5-8,12,16-20,24,28-32,39-40,47-48,51-52,56-58,60,63-64,67-82H2,1-4H3,(H,95,96)(H,97,98)/b13-9-,14-10-,15-11-,25-21-,26-22-,27-23-,37-33-,38-34-,43-41-,44-42-,45-35-,46-36-,53-49-,54-50-,59-55-,65-61-,66-62-. The summed E-state index contributed by atoms with van der Waals surface area (Å²) in [7, 11) is -10.0. The molecule has 608 valence electrons. The molecule has 0 aromatic rings. The van der Waals surface area contributed by atoms with E-state index in [4.69, 9.17) is 37.0 Å². The van der Waals surface area contributed by atoms with E-state index in [1.807, 2.05) is 42.5 Å². The van der Waals surface area contributed by atoms with E-state index in [1.54, 1.807) is 0 Å². The van der Waals surface area contributed by atoms with Crippen LogP contribution >= 0.6 is 15.6 Å². The Bertz CT molecular complexity index is 2860. The van der Waals surface area contributed by atoms with Crippen LogP contribution in [0.25, 0.3) is 0 Å². The number of aliphatic hydroxyl groups excluding tert-OH is 1. The first-order valence-corrected chi connectivity index (χ1v) is 43.3. The molecule has 5 atom stereocenters. The van der Waals surface area contributed by atoms with Crippen LogP contribution < -0.4 is 0 Å². The van der Waals surface area contributed by atoms with Crippen molar-refractivity contribution in [2.75, 3.05) is 39.6 Å². The number of ether oxygens (including phenoxy) is 4. The molecule has 0 aliphatic carbocycles. The number of phosphoric acid groups is 2. The summed E-state index contributed by atoms with van der Waals surface area (Å²) in [6, 6.07) is 0. The fraction of sp³-hybridized carbons (Fsp3) is 0.573. The molecule has 0 radical (unpaired) electrons. The fourth-order valence-electron chi connectivity index (χ4n) is 9.73. The van der Waals surface area contributed by atoms with Crippen LogP contribution in [0.3, 0.4) is 0 Å². The molecule has 0 heterocycles. The van der Waals surface area contributed by atoms with Crippen molar-refractivity contribution in [2.45, 2.75) is 290 Å². The van der Waals surface area contributed by atoms with Crippen molar-refractivity contribution in [1.29, 1.82) is 0 Å². The van der Waals surface area contributed by atoms with Crippen molar-refractivity contribution in [1.82, 2.24) is 0 Å². The molecule has 17 nitrogen and oxygen atoms in total. The highest BCUT2D eigenvalue weighted by atomic mass is 31.2. The Labute approximate surface area is 652 Å². The molecule has 0 aromatic carbocycles. The molecule has 0 saturated carbocycles. The molecule has 0 saturated heterocycles. The summed E-state index contributed by atoms with van der Waals surface area (Å²) < 4.78 is 68.4. The van der Waals surface area contributed by atoms with Gasteiger partial charge in [-0.25, -0.2) is 9.13 Å². The largest absolute Gasteiger partial charge is 0.472 e. The van der Waals surface area contributed by atoms with Gasteiger partial charge in [0.25, 0.3) is 0 Å². The minimum absolute atomic E-state index is 0.0162. The van der Waals surface area contributed by atoms with Gasteiger partial charge in [-0.1, -0.05) is 286 Å². The zero-order valence-electron chi connectivity index (χ0n) is 66.4. The number of hydrogen-bond donors (Lipinski definition) is 3. The van der Waals surface area contributed by atoms with Crippen molar-refractivity contribution >= 4 is 39.5 Å². The molecule has 19 heteroatoms. The van der Waals surface area contributed by atoms with Gasteiger partial charge in [0.15, 0.2) is 12.2 Å². The highest BCUT2D eigenvalue weighted by molar-refractivity contribution is 7.47. The summed E-state index contributed by atoms with van der Waals surface area (Å²) in [5, 5.41) is 10.6. The minimum atomic E-state index is -5.02. The summed E-state index contributed by atoms with van der Waals surface area (Å²) in [5.74, 6) is -2.45. The van der Waals surface area contributed by atoms with Gasteiger partial charge in [0.2, 0.25) is 0 Å². The van der Waals surface area contributed by atoms with Crippen LogP contribution in [0.2, 0.25) is 0 Å². The van der Waals surface area contributed by atoms with Gasteiger partial charge in [-0.15, -0.1) is 0 Å². The molecule has 0 rings (SSSR count). The van der Waals surface area contributed by atoms with Crippen LogP contribution in [0.4, 0.5) is 0 Å². The first kappa shape index (κ1) is 102. The SMILES string of the molecule is CC/C=C\C/C=C\C/C=C\C/C=C\C/C=C\C/C=C\CCC(=O)OCC(COP(=O)(O)OCC(O)COP(=O)(O)OCC(COC(=O)CC/C=C\C/C=C\C/C=C\C/C=C\C/C=C\C/C=C\CC)OC(=O)CCCCCCC/C=C\CCCCCCCC)OC(=O)CCCC/C=C\C/C=C\C/C=C\C/C=C\CC. The fourth-order valence-corrected chi connectivity index (χ4v) is 11.3. The summed E-state index contributed by atoms with van der Waals surface area (Å²) >= 11 is 0. The summed E-state index contributed by atoms with van der Waals surface area (Å²) in [5.41, 5.74) is 0. The van der Waals surface area contributed by atoms with Crippen LogP contribution in [-0.4, -0.2) is 96.7 Å². The lowest BCUT2D eigenvalue weighted by molar-refractivity contribution is -0.161. The molecule has 0 aliphatic rings. The molecule has 5 unspecified atom stereocenters. The predicted octanol–water partition coefficient (Wildman–Crippen LogP) is 23.9. The van der Waals surface area contributed by atoms with Gasteiger partial charge in [-0.3, -0.25) is 37.3 Å². The number of carbonyl (C=O) groups is 4. The van der Waals surface area contributed by atoms with Crippen LogP contribution in [0.5, 0.6) is 0 Å². The number of phosphoric ester groups is 2. The second kappa shape index (κ2) is 78.8. The van der Waals surface area contributed by atoms with Crippen LogP contribution in [0, 0.1) is 0 Å². The summed E-state index contributed by atoms with van der Waals surface area (Å²) in [4.78, 5) is 73.0. The monoisotopic (exact) mass is 1540 g/mol. The molecule has 0 fully saturated rings. The van der Waals surface area contributed by atoms with E-state index in [9.17, 15) is 43.2 Å². The molecule has 3 N–H and O–H groups in total. The number of hydrogen-bond acceptors (Lipinski definition) is 15. The van der Waals surface area contributed by atoms with Crippen LogP contribution in [-0.2, 0) is 65.4 Å². The van der Waals surface area contributed by atoms with E-state index >= 15 is 0 Å². The minimum Gasteiger partial charge on any atom is -0.462 e. The number of aliphatic hydroxyl groups is 1. The highest BCUT2D eigenvalue weighted by Crippen LogP contribution is 2.45. The highest BCUT2D eigenvalue weighted by Gasteiger charge is 2.30. The third-order valence-corrected chi connectivity index (χ3v) is 17.7.